The van der Waals surface area contributed by atoms with Gasteiger partial charge in [0.25, 0.3) is 0 Å². The molecule has 3 aromatic rings. The Morgan fingerprint density at radius 3 is 2.19 bits per heavy atom. The molecule has 1 aromatic heterocycles. The number of hydrogen-bond acceptors (Lipinski definition) is 4. The fourth-order valence-electron chi connectivity index (χ4n) is 4.51. The van der Waals surface area contributed by atoms with E-state index in [1.165, 1.54) is 0 Å². The molecular weight excluding hydrogens is 456 g/mol. The number of hydrogen-bond donors (Lipinski definition) is 3. The molecule has 2 aromatic carbocycles. The van der Waals surface area contributed by atoms with E-state index in [2.05, 4.69) is 29.5 Å². The van der Waals surface area contributed by atoms with Gasteiger partial charge >= 0.3 is 12.0 Å². The molecular formula is C28H30N4O4. The number of carbonyl (C=O) groups excluding carboxylic acids is 2. The number of nitrogens with one attached hydrogen (secondary N) is 2. The first kappa shape index (κ1) is 24.9. The maximum atomic E-state index is 13.0. The van der Waals surface area contributed by atoms with Crippen LogP contribution < -0.4 is 10.6 Å². The second-order valence-corrected chi connectivity index (χ2v) is 9.31. The number of rotatable bonds is 6. The molecule has 4 rings (SSSR count). The number of aromatic nitrogens is 1. The van der Waals surface area contributed by atoms with Gasteiger partial charge in [-0.25, -0.2) is 9.59 Å². The number of nitrogens with zero attached hydrogens (tertiary/aromatic N) is 2. The van der Waals surface area contributed by atoms with Crippen LogP contribution in [-0.2, 0) is 4.79 Å². The van der Waals surface area contributed by atoms with Crippen molar-refractivity contribution in [3.8, 4) is 11.1 Å². The summed E-state index contributed by atoms with van der Waals surface area (Å²) in [6, 6.07) is 15.0. The number of urea groups is 1. The lowest BCUT2D eigenvalue weighted by atomic mass is 10.0. The molecule has 3 amide bonds. The number of carbonyl (C=O) groups is 3. The van der Waals surface area contributed by atoms with Crippen molar-refractivity contribution >= 4 is 29.3 Å². The Bertz CT molecular complexity index is 1270. The molecule has 1 saturated heterocycles. The number of carboxylic acids is 1. The van der Waals surface area contributed by atoms with Crippen LogP contribution in [0.5, 0.6) is 0 Å². The number of amides is 3. The average molecular weight is 487 g/mol. The van der Waals surface area contributed by atoms with E-state index < -0.39 is 12.0 Å². The summed E-state index contributed by atoms with van der Waals surface area (Å²) < 4.78 is 0. The van der Waals surface area contributed by atoms with Crippen LogP contribution in [0.4, 0.5) is 16.2 Å². The predicted molar refractivity (Wildman–Crippen MR) is 139 cm³/mol. The van der Waals surface area contributed by atoms with Crippen molar-refractivity contribution < 1.29 is 19.5 Å². The fraction of sp³-hybridized carbons (Fsp3) is 0.286. The first-order valence-corrected chi connectivity index (χ1v) is 12.0. The maximum absolute atomic E-state index is 13.0. The summed E-state index contributed by atoms with van der Waals surface area (Å²) in [6.45, 7) is 6.63. The molecule has 0 unspecified atom stereocenters. The van der Waals surface area contributed by atoms with E-state index in [0.717, 1.165) is 28.8 Å². The van der Waals surface area contributed by atoms with Crippen LogP contribution in [0.2, 0.25) is 0 Å². The van der Waals surface area contributed by atoms with E-state index in [-0.39, 0.29) is 17.5 Å². The molecule has 36 heavy (non-hydrogen) atoms. The fourth-order valence-corrected chi connectivity index (χ4v) is 4.51. The Labute approximate surface area is 210 Å². The van der Waals surface area contributed by atoms with Crippen LogP contribution in [0.15, 0.2) is 60.8 Å². The summed E-state index contributed by atoms with van der Waals surface area (Å²) >= 11 is 0. The zero-order chi connectivity index (χ0) is 25.8. The third kappa shape index (κ3) is 5.54. The van der Waals surface area contributed by atoms with E-state index in [9.17, 15) is 14.4 Å². The largest absolute Gasteiger partial charge is 0.478 e. The Morgan fingerprint density at radius 1 is 0.972 bits per heavy atom. The number of anilines is 2. The van der Waals surface area contributed by atoms with Crippen LogP contribution in [0.1, 0.15) is 54.2 Å². The highest BCUT2D eigenvalue weighted by molar-refractivity contribution is 5.99. The molecule has 8 nitrogen and oxygen atoms in total. The summed E-state index contributed by atoms with van der Waals surface area (Å²) in [7, 11) is 0. The van der Waals surface area contributed by atoms with Crippen molar-refractivity contribution in [2.75, 3.05) is 17.2 Å². The Balaban J connectivity index is 1.39. The number of carboxylic acid groups (broad SMARTS) is 1. The molecule has 0 spiro atoms. The van der Waals surface area contributed by atoms with Crippen molar-refractivity contribution in [2.24, 2.45) is 0 Å². The number of aromatic carboxylic acids is 1. The molecule has 186 valence electrons. The maximum Gasteiger partial charge on any atom is 0.335 e. The molecule has 1 aliphatic rings. The second-order valence-electron chi connectivity index (χ2n) is 9.31. The smallest absolute Gasteiger partial charge is 0.335 e. The van der Waals surface area contributed by atoms with Crippen LogP contribution in [0.25, 0.3) is 11.1 Å². The molecule has 3 N–H and O–H groups in total. The Morgan fingerprint density at radius 2 is 1.61 bits per heavy atom. The van der Waals surface area contributed by atoms with Gasteiger partial charge in [-0.1, -0.05) is 38.1 Å². The number of likely N-dealkylation sites (tertiary alicyclic amines) is 1. The molecule has 1 aliphatic heterocycles. The third-order valence-corrected chi connectivity index (χ3v) is 6.35. The minimum atomic E-state index is -0.968. The normalized spacial score (nSPS) is 15.1. The van der Waals surface area contributed by atoms with Gasteiger partial charge in [-0.3, -0.25) is 9.78 Å². The molecule has 0 aliphatic carbocycles. The SMILES string of the molecule is Cc1cc(NC(=O)N2CCC[C@@H]2C(=O)Nc2ccc(-c3ccc(C(=O)O)cc3)cc2)cnc1C(C)C. The number of benzene rings is 2. The quantitative estimate of drug-likeness (QED) is 0.425. The molecule has 0 saturated carbocycles. The molecule has 8 heteroatoms. The zero-order valence-electron chi connectivity index (χ0n) is 20.6. The zero-order valence-corrected chi connectivity index (χ0v) is 20.6. The van der Waals surface area contributed by atoms with E-state index in [1.54, 1.807) is 47.5 Å². The van der Waals surface area contributed by atoms with Crippen molar-refractivity contribution in [1.29, 1.82) is 0 Å². The lowest BCUT2D eigenvalue weighted by molar-refractivity contribution is -0.119. The van der Waals surface area contributed by atoms with E-state index in [0.29, 0.717) is 30.3 Å². The topological polar surface area (TPSA) is 112 Å². The molecule has 1 atom stereocenters. The monoisotopic (exact) mass is 486 g/mol. The van der Waals surface area contributed by atoms with Crippen molar-refractivity contribution in [1.82, 2.24) is 9.88 Å². The summed E-state index contributed by atoms with van der Waals surface area (Å²) in [5.74, 6) is -0.899. The summed E-state index contributed by atoms with van der Waals surface area (Å²) in [5, 5.41) is 14.8. The van der Waals surface area contributed by atoms with Crippen molar-refractivity contribution in [3.05, 3.63) is 77.6 Å². The standard InChI is InChI=1S/C28H30N4O4/c1-17(2)25-18(3)15-23(16-29-25)31-28(36)32-14-4-5-24(32)26(33)30-22-12-10-20(11-13-22)19-6-8-21(9-7-19)27(34)35/h6-13,15-17,24H,4-5,14H2,1-3H3,(H,30,33)(H,31,36)(H,34,35)/t24-/m1/s1. The van der Waals surface area contributed by atoms with Gasteiger partial charge in [-0.2, -0.15) is 0 Å². The summed E-state index contributed by atoms with van der Waals surface area (Å²) in [5.41, 5.74) is 5.25. The van der Waals surface area contributed by atoms with Crippen LogP contribution in [0, 0.1) is 6.92 Å². The highest BCUT2D eigenvalue weighted by atomic mass is 16.4. The van der Waals surface area contributed by atoms with Crippen LogP contribution >= 0.6 is 0 Å². The van der Waals surface area contributed by atoms with Gasteiger partial charge in [-0.05, 0) is 72.7 Å². The van der Waals surface area contributed by atoms with E-state index >= 15 is 0 Å². The molecule has 2 heterocycles. The second kappa shape index (κ2) is 10.6. The average Bonchev–Trinajstić information content (AvgIpc) is 3.35. The van der Waals surface area contributed by atoms with Gasteiger partial charge in [0.1, 0.15) is 6.04 Å². The van der Waals surface area contributed by atoms with Gasteiger partial charge in [0.2, 0.25) is 5.91 Å². The summed E-state index contributed by atoms with van der Waals surface area (Å²) in [4.78, 5) is 43.0. The summed E-state index contributed by atoms with van der Waals surface area (Å²) in [6.07, 6.45) is 3.00. The minimum absolute atomic E-state index is 0.228. The Hall–Kier alpha value is -4.20. The van der Waals surface area contributed by atoms with Gasteiger partial charge in [0.15, 0.2) is 0 Å². The van der Waals surface area contributed by atoms with Crippen molar-refractivity contribution in [2.45, 2.75) is 45.6 Å². The predicted octanol–water partition coefficient (Wildman–Crippen LogP) is 5.51. The molecule has 0 bridgehead atoms. The first-order chi connectivity index (χ1) is 17.2. The minimum Gasteiger partial charge on any atom is -0.478 e. The van der Waals surface area contributed by atoms with Gasteiger partial charge in [0.05, 0.1) is 17.4 Å². The highest BCUT2D eigenvalue weighted by Gasteiger charge is 2.34. The lowest BCUT2D eigenvalue weighted by Gasteiger charge is -2.24. The van der Waals surface area contributed by atoms with Gasteiger partial charge in [-0.15, -0.1) is 0 Å². The van der Waals surface area contributed by atoms with Gasteiger partial charge in [0, 0.05) is 17.9 Å². The van der Waals surface area contributed by atoms with Crippen LogP contribution in [-0.4, -0.2) is 45.5 Å². The van der Waals surface area contributed by atoms with Gasteiger partial charge < -0.3 is 20.6 Å². The third-order valence-electron chi connectivity index (χ3n) is 6.35. The van der Waals surface area contributed by atoms with E-state index in [1.807, 2.05) is 25.1 Å². The van der Waals surface area contributed by atoms with E-state index in [4.69, 9.17) is 5.11 Å². The Kier molecular flexibility index (Phi) is 7.33. The lowest BCUT2D eigenvalue weighted by Crippen LogP contribution is -2.45. The molecule has 0 radical (unpaired) electrons. The number of aryl methyl sites for hydroxylation is 1. The van der Waals surface area contributed by atoms with Crippen molar-refractivity contribution in [3.63, 3.8) is 0 Å². The first-order valence-electron chi connectivity index (χ1n) is 12.0. The highest BCUT2D eigenvalue weighted by Crippen LogP contribution is 2.25. The van der Waals surface area contributed by atoms with Crippen LogP contribution in [0.3, 0.4) is 0 Å². The molecule has 1 fully saturated rings. The number of pyridine rings is 1.